The van der Waals surface area contributed by atoms with E-state index in [1.54, 1.807) is 12.1 Å². The van der Waals surface area contributed by atoms with E-state index in [2.05, 4.69) is 0 Å². The second-order valence-corrected chi connectivity index (χ2v) is 3.83. The molecule has 1 heterocycles. The molecule has 1 aliphatic heterocycles. The van der Waals surface area contributed by atoms with E-state index in [9.17, 15) is 4.39 Å². The van der Waals surface area contributed by atoms with Gasteiger partial charge in [-0.25, -0.2) is 4.39 Å². The van der Waals surface area contributed by atoms with Crippen molar-refractivity contribution in [2.75, 3.05) is 13.2 Å². The number of aliphatic hydroxyl groups excluding tert-OH is 1. The zero-order chi connectivity index (χ0) is 11.4. The van der Waals surface area contributed by atoms with Crippen molar-refractivity contribution in [2.24, 2.45) is 0 Å². The maximum absolute atomic E-state index is 13.4. The third kappa shape index (κ3) is 2.51. The maximum Gasteiger partial charge on any atom is 0.165 e. The standard InChI is InChI=1S/C12H15FO3/c13-11-5-1-3-9(7-14)12(11)16-8-10-4-2-6-15-10/h1,3,5,10,14H,2,4,6-8H2. The van der Waals surface area contributed by atoms with Gasteiger partial charge in [0.25, 0.3) is 0 Å². The highest BCUT2D eigenvalue weighted by molar-refractivity contribution is 5.34. The van der Waals surface area contributed by atoms with E-state index in [1.807, 2.05) is 0 Å². The molecule has 1 aromatic carbocycles. The topological polar surface area (TPSA) is 38.7 Å². The van der Waals surface area contributed by atoms with E-state index >= 15 is 0 Å². The molecule has 2 rings (SSSR count). The molecule has 4 heteroatoms. The molecule has 88 valence electrons. The lowest BCUT2D eigenvalue weighted by Crippen LogP contribution is -2.17. The minimum atomic E-state index is -0.440. The molecule has 3 nitrogen and oxygen atoms in total. The molecule has 0 amide bonds. The van der Waals surface area contributed by atoms with Gasteiger partial charge >= 0.3 is 0 Å². The van der Waals surface area contributed by atoms with Crippen LogP contribution in [0.25, 0.3) is 0 Å². The molecule has 0 radical (unpaired) electrons. The fourth-order valence-electron chi connectivity index (χ4n) is 1.79. The first-order valence-electron chi connectivity index (χ1n) is 5.44. The van der Waals surface area contributed by atoms with Gasteiger partial charge in [-0.05, 0) is 18.9 Å². The Hall–Kier alpha value is -1.13. The van der Waals surface area contributed by atoms with E-state index in [1.165, 1.54) is 6.07 Å². The van der Waals surface area contributed by atoms with Gasteiger partial charge in [-0.3, -0.25) is 0 Å². The fourth-order valence-corrected chi connectivity index (χ4v) is 1.79. The molecule has 1 saturated heterocycles. The van der Waals surface area contributed by atoms with Crippen molar-refractivity contribution in [2.45, 2.75) is 25.6 Å². The Morgan fingerprint density at radius 1 is 1.50 bits per heavy atom. The highest BCUT2D eigenvalue weighted by Gasteiger charge is 2.18. The van der Waals surface area contributed by atoms with Crippen molar-refractivity contribution in [1.29, 1.82) is 0 Å². The van der Waals surface area contributed by atoms with Crippen LogP contribution in [0.2, 0.25) is 0 Å². The van der Waals surface area contributed by atoms with Gasteiger partial charge in [0.05, 0.1) is 12.7 Å². The van der Waals surface area contributed by atoms with Crippen molar-refractivity contribution >= 4 is 0 Å². The third-order valence-corrected chi connectivity index (χ3v) is 2.66. The number of para-hydroxylation sites is 1. The van der Waals surface area contributed by atoms with Gasteiger partial charge < -0.3 is 14.6 Å². The van der Waals surface area contributed by atoms with E-state index in [0.29, 0.717) is 12.2 Å². The summed E-state index contributed by atoms with van der Waals surface area (Å²) in [4.78, 5) is 0. The smallest absolute Gasteiger partial charge is 0.165 e. The molecule has 1 atom stereocenters. The zero-order valence-electron chi connectivity index (χ0n) is 8.99. The van der Waals surface area contributed by atoms with E-state index in [-0.39, 0.29) is 18.5 Å². The summed E-state index contributed by atoms with van der Waals surface area (Å²) < 4.78 is 24.2. The normalized spacial score (nSPS) is 20.0. The Bertz CT molecular complexity index is 348. The number of hydrogen-bond donors (Lipinski definition) is 1. The molecule has 0 saturated carbocycles. The van der Waals surface area contributed by atoms with Crippen LogP contribution in [-0.2, 0) is 11.3 Å². The summed E-state index contributed by atoms with van der Waals surface area (Å²) in [6, 6.07) is 4.53. The number of rotatable bonds is 4. The quantitative estimate of drug-likeness (QED) is 0.851. The van der Waals surface area contributed by atoms with Gasteiger partial charge in [-0.1, -0.05) is 12.1 Å². The molecule has 1 N–H and O–H groups in total. The molecule has 0 spiro atoms. The van der Waals surface area contributed by atoms with E-state index in [4.69, 9.17) is 14.6 Å². The summed E-state index contributed by atoms with van der Waals surface area (Å²) in [5.74, 6) is -0.301. The largest absolute Gasteiger partial charge is 0.487 e. The van der Waals surface area contributed by atoms with Crippen LogP contribution in [0.5, 0.6) is 5.75 Å². The van der Waals surface area contributed by atoms with Crippen molar-refractivity contribution < 1.29 is 19.0 Å². The van der Waals surface area contributed by atoms with Gasteiger partial charge in [-0.2, -0.15) is 0 Å². The predicted molar refractivity (Wildman–Crippen MR) is 56.8 cm³/mol. The zero-order valence-corrected chi connectivity index (χ0v) is 8.99. The van der Waals surface area contributed by atoms with Crippen LogP contribution in [0.3, 0.4) is 0 Å². The average Bonchev–Trinajstić information content (AvgIpc) is 2.80. The first kappa shape index (κ1) is 11.4. The van der Waals surface area contributed by atoms with E-state index in [0.717, 1.165) is 19.4 Å². The summed E-state index contributed by atoms with van der Waals surface area (Å²) in [5.41, 5.74) is 0.470. The number of aliphatic hydroxyl groups is 1. The molecular weight excluding hydrogens is 211 g/mol. The van der Waals surface area contributed by atoms with Crippen LogP contribution >= 0.6 is 0 Å². The second kappa shape index (κ2) is 5.27. The molecule has 0 bridgehead atoms. The summed E-state index contributed by atoms with van der Waals surface area (Å²) >= 11 is 0. The van der Waals surface area contributed by atoms with Crippen LogP contribution in [0.4, 0.5) is 4.39 Å². The summed E-state index contributed by atoms with van der Waals surface area (Å²) in [6.07, 6.45) is 2.02. The predicted octanol–water partition coefficient (Wildman–Crippen LogP) is 1.88. The number of hydrogen-bond acceptors (Lipinski definition) is 3. The molecule has 0 aromatic heterocycles. The first-order chi connectivity index (χ1) is 7.81. The molecule has 1 unspecified atom stereocenters. The lowest BCUT2D eigenvalue weighted by Gasteiger charge is -2.14. The molecule has 16 heavy (non-hydrogen) atoms. The highest BCUT2D eigenvalue weighted by atomic mass is 19.1. The maximum atomic E-state index is 13.4. The average molecular weight is 226 g/mol. The Labute approximate surface area is 93.8 Å². The van der Waals surface area contributed by atoms with Crippen LogP contribution in [0.1, 0.15) is 18.4 Å². The Morgan fingerprint density at radius 3 is 3.06 bits per heavy atom. The monoisotopic (exact) mass is 226 g/mol. The minimum absolute atomic E-state index is 0.0474. The van der Waals surface area contributed by atoms with Gasteiger partial charge in [0.2, 0.25) is 0 Å². The Morgan fingerprint density at radius 2 is 2.38 bits per heavy atom. The summed E-state index contributed by atoms with van der Waals surface area (Å²) in [5, 5.41) is 9.06. The van der Waals surface area contributed by atoms with Gasteiger partial charge in [0.15, 0.2) is 11.6 Å². The van der Waals surface area contributed by atoms with Gasteiger partial charge in [-0.15, -0.1) is 0 Å². The Kier molecular flexibility index (Phi) is 3.74. The second-order valence-electron chi connectivity index (χ2n) is 3.83. The van der Waals surface area contributed by atoms with Crippen LogP contribution in [0.15, 0.2) is 18.2 Å². The molecular formula is C12H15FO3. The number of ether oxygens (including phenoxy) is 2. The third-order valence-electron chi connectivity index (χ3n) is 2.66. The SMILES string of the molecule is OCc1cccc(F)c1OCC1CCCO1. The number of halogens is 1. The van der Waals surface area contributed by atoms with Crippen molar-refractivity contribution in [3.8, 4) is 5.75 Å². The van der Waals surface area contributed by atoms with Crippen LogP contribution < -0.4 is 4.74 Å². The molecule has 1 aliphatic rings. The fraction of sp³-hybridized carbons (Fsp3) is 0.500. The number of benzene rings is 1. The lowest BCUT2D eigenvalue weighted by atomic mass is 10.2. The summed E-state index contributed by atoms with van der Waals surface area (Å²) in [6.45, 7) is 0.866. The molecule has 1 aromatic rings. The summed E-state index contributed by atoms with van der Waals surface area (Å²) in [7, 11) is 0. The Balaban J connectivity index is 2.01. The van der Waals surface area contributed by atoms with Gasteiger partial charge in [0, 0.05) is 12.2 Å². The van der Waals surface area contributed by atoms with Crippen LogP contribution in [0, 0.1) is 5.82 Å². The first-order valence-corrected chi connectivity index (χ1v) is 5.44. The van der Waals surface area contributed by atoms with Crippen molar-refractivity contribution in [3.63, 3.8) is 0 Å². The lowest BCUT2D eigenvalue weighted by molar-refractivity contribution is 0.0656. The minimum Gasteiger partial charge on any atom is -0.487 e. The van der Waals surface area contributed by atoms with E-state index < -0.39 is 5.82 Å². The highest BCUT2D eigenvalue weighted by Crippen LogP contribution is 2.24. The van der Waals surface area contributed by atoms with Gasteiger partial charge in [0.1, 0.15) is 6.61 Å². The molecule has 1 fully saturated rings. The van der Waals surface area contributed by atoms with Crippen LogP contribution in [-0.4, -0.2) is 24.4 Å². The van der Waals surface area contributed by atoms with Crippen molar-refractivity contribution in [3.05, 3.63) is 29.6 Å². The van der Waals surface area contributed by atoms with Crippen molar-refractivity contribution in [1.82, 2.24) is 0 Å². The molecule has 0 aliphatic carbocycles.